The molecule has 1 aliphatic carbocycles. The third-order valence-electron chi connectivity index (χ3n) is 4.07. The zero-order chi connectivity index (χ0) is 14.8. The van der Waals surface area contributed by atoms with Crippen molar-refractivity contribution >= 4 is 5.78 Å². The van der Waals surface area contributed by atoms with Crippen molar-refractivity contribution in [2.45, 2.75) is 39.7 Å². The first kappa shape index (κ1) is 14.0. The van der Waals surface area contributed by atoms with Gasteiger partial charge in [-0.25, -0.2) is 9.67 Å². The lowest BCUT2D eigenvalue weighted by Gasteiger charge is -2.10. The average molecular weight is 283 g/mol. The maximum absolute atomic E-state index is 12.5. The lowest BCUT2D eigenvalue weighted by Crippen LogP contribution is -2.20. The number of carbonyl (C=O) groups excluding carboxylic acids is 1. The molecule has 1 aliphatic rings. The Kier molecular flexibility index (Phi) is 3.86. The summed E-state index contributed by atoms with van der Waals surface area (Å²) in [5.41, 5.74) is 2.64. The van der Waals surface area contributed by atoms with Gasteiger partial charge >= 0.3 is 0 Å². The van der Waals surface area contributed by atoms with Gasteiger partial charge < -0.3 is 0 Å². The van der Waals surface area contributed by atoms with E-state index in [1.165, 1.54) is 11.1 Å². The van der Waals surface area contributed by atoms with Gasteiger partial charge in [0.25, 0.3) is 0 Å². The van der Waals surface area contributed by atoms with E-state index < -0.39 is 0 Å². The first-order valence-corrected chi connectivity index (χ1v) is 7.59. The van der Waals surface area contributed by atoms with Crippen molar-refractivity contribution in [3.8, 4) is 0 Å². The highest BCUT2D eigenvalue weighted by Gasteiger charge is 2.27. The van der Waals surface area contributed by atoms with Crippen molar-refractivity contribution in [1.82, 2.24) is 14.8 Å². The summed E-state index contributed by atoms with van der Waals surface area (Å²) < 4.78 is 1.87. The van der Waals surface area contributed by atoms with Crippen molar-refractivity contribution in [2.24, 2.45) is 11.8 Å². The van der Waals surface area contributed by atoms with Crippen molar-refractivity contribution in [2.75, 3.05) is 0 Å². The standard InChI is InChI=1S/C17H21N3O/c1-12(2)10-20-17(18-11-19-20)9-16(21)15-7-13-5-3-4-6-14(13)8-15/h3-6,11-12,15H,7-10H2,1-2H3. The smallest absolute Gasteiger partial charge is 0.144 e. The number of hydrogen-bond acceptors (Lipinski definition) is 3. The van der Waals surface area contributed by atoms with Crippen LogP contribution < -0.4 is 0 Å². The minimum atomic E-state index is 0.103. The van der Waals surface area contributed by atoms with Gasteiger partial charge in [-0.1, -0.05) is 38.1 Å². The summed E-state index contributed by atoms with van der Waals surface area (Å²) in [6.07, 6.45) is 3.68. The number of hydrogen-bond donors (Lipinski definition) is 0. The molecule has 0 fully saturated rings. The predicted molar refractivity (Wildman–Crippen MR) is 80.9 cm³/mol. The fourth-order valence-electron chi connectivity index (χ4n) is 3.01. The van der Waals surface area contributed by atoms with Crippen LogP contribution in [0.4, 0.5) is 0 Å². The molecule has 0 spiro atoms. The Bertz CT molecular complexity index is 620. The molecular weight excluding hydrogens is 262 g/mol. The van der Waals surface area contributed by atoms with Gasteiger partial charge in [-0.15, -0.1) is 0 Å². The molecule has 0 unspecified atom stereocenters. The predicted octanol–water partition coefficient (Wildman–Crippen LogP) is 2.46. The summed E-state index contributed by atoms with van der Waals surface area (Å²) >= 11 is 0. The summed E-state index contributed by atoms with van der Waals surface area (Å²) in [4.78, 5) is 16.8. The van der Waals surface area contributed by atoms with Crippen LogP contribution in [0.5, 0.6) is 0 Å². The van der Waals surface area contributed by atoms with Crippen LogP contribution in [0.25, 0.3) is 0 Å². The molecule has 110 valence electrons. The number of carbonyl (C=O) groups is 1. The molecule has 4 nitrogen and oxygen atoms in total. The minimum absolute atomic E-state index is 0.103. The first-order chi connectivity index (χ1) is 10.1. The number of Topliss-reactive ketones (excluding diaryl/α,β-unsaturated/α-hetero) is 1. The minimum Gasteiger partial charge on any atom is -0.299 e. The lowest BCUT2D eigenvalue weighted by molar-refractivity contribution is -0.122. The van der Waals surface area contributed by atoms with E-state index in [0.29, 0.717) is 12.3 Å². The summed E-state index contributed by atoms with van der Waals surface area (Å²) in [5.74, 6) is 1.68. The van der Waals surface area contributed by atoms with E-state index in [-0.39, 0.29) is 11.7 Å². The van der Waals surface area contributed by atoms with Gasteiger partial charge in [-0.2, -0.15) is 5.10 Å². The monoisotopic (exact) mass is 283 g/mol. The Morgan fingerprint density at radius 2 is 1.95 bits per heavy atom. The Balaban J connectivity index is 1.67. The van der Waals surface area contributed by atoms with Gasteiger partial charge in [0.15, 0.2) is 0 Å². The second-order valence-electron chi connectivity index (χ2n) is 6.27. The summed E-state index contributed by atoms with van der Waals surface area (Å²) in [6.45, 7) is 5.09. The van der Waals surface area contributed by atoms with Gasteiger partial charge in [0.1, 0.15) is 17.9 Å². The zero-order valence-corrected chi connectivity index (χ0v) is 12.6. The highest BCUT2D eigenvalue weighted by Crippen LogP contribution is 2.27. The second kappa shape index (κ2) is 5.80. The summed E-state index contributed by atoms with van der Waals surface area (Å²) in [6, 6.07) is 8.35. The van der Waals surface area contributed by atoms with Gasteiger partial charge in [0.2, 0.25) is 0 Å². The van der Waals surface area contributed by atoms with Crippen LogP contribution in [-0.2, 0) is 30.6 Å². The maximum atomic E-state index is 12.5. The molecule has 0 bridgehead atoms. The third-order valence-corrected chi connectivity index (χ3v) is 4.07. The maximum Gasteiger partial charge on any atom is 0.144 e. The van der Waals surface area contributed by atoms with Crippen LogP contribution in [0.2, 0.25) is 0 Å². The van der Waals surface area contributed by atoms with Crippen LogP contribution in [-0.4, -0.2) is 20.5 Å². The van der Waals surface area contributed by atoms with E-state index in [1.807, 2.05) is 16.8 Å². The Morgan fingerprint density at radius 3 is 2.57 bits per heavy atom. The van der Waals surface area contributed by atoms with Gasteiger partial charge in [-0.05, 0) is 29.9 Å². The number of fused-ring (bicyclic) bond motifs is 1. The van der Waals surface area contributed by atoms with Crippen LogP contribution in [0.15, 0.2) is 30.6 Å². The fraction of sp³-hybridized carbons (Fsp3) is 0.471. The number of ketones is 1. The summed E-state index contributed by atoms with van der Waals surface area (Å²) in [5, 5.41) is 4.23. The van der Waals surface area contributed by atoms with Crippen LogP contribution in [0.3, 0.4) is 0 Å². The molecule has 0 amide bonds. The SMILES string of the molecule is CC(C)Cn1ncnc1CC(=O)C1Cc2ccccc2C1. The number of benzene rings is 1. The molecule has 0 radical (unpaired) electrons. The molecule has 1 heterocycles. The molecule has 2 aromatic rings. The number of rotatable bonds is 5. The van der Waals surface area contributed by atoms with E-state index in [1.54, 1.807) is 6.33 Å². The van der Waals surface area contributed by atoms with E-state index in [9.17, 15) is 4.79 Å². The molecule has 4 heteroatoms. The molecule has 0 N–H and O–H groups in total. The molecule has 0 aliphatic heterocycles. The van der Waals surface area contributed by atoms with Gasteiger partial charge in [0, 0.05) is 12.5 Å². The normalized spacial score (nSPS) is 14.6. The van der Waals surface area contributed by atoms with E-state index >= 15 is 0 Å². The molecule has 0 saturated heterocycles. The second-order valence-corrected chi connectivity index (χ2v) is 6.27. The van der Waals surface area contributed by atoms with E-state index in [2.05, 4.69) is 36.1 Å². The molecular formula is C17H21N3O. The van der Waals surface area contributed by atoms with E-state index in [0.717, 1.165) is 25.2 Å². The number of aromatic nitrogens is 3. The largest absolute Gasteiger partial charge is 0.299 e. The summed E-state index contributed by atoms with van der Waals surface area (Å²) in [7, 11) is 0. The highest BCUT2D eigenvalue weighted by molar-refractivity contribution is 5.84. The Hall–Kier alpha value is -1.97. The van der Waals surface area contributed by atoms with Crippen molar-refractivity contribution in [1.29, 1.82) is 0 Å². The van der Waals surface area contributed by atoms with Crippen molar-refractivity contribution < 1.29 is 4.79 Å². The molecule has 0 saturated carbocycles. The van der Waals surface area contributed by atoms with E-state index in [4.69, 9.17) is 0 Å². The average Bonchev–Trinajstić information content (AvgIpc) is 3.05. The molecule has 1 aromatic carbocycles. The molecule has 21 heavy (non-hydrogen) atoms. The van der Waals surface area contributed by atoms with Gasteiger partial charge in [0.05, 0.1) is 6.42 Å². The molecule has 3 rings (SSSR count). The third kappa shape index (κ3) is 3.04. The van der Waals surface area contributed by atoms with Crippen LogP contribution in [0.1, 0.15) is 30.8 Å². The Morgan fingerprint density at radius 1 is 1.29 bits per heavy atom. The van der Waals surface area contributed by atoms with Gasteiger partial charge in [-0.3, -0.25) is 4.79 Å². The lowest BCUT2D eigenvalue weighted by atomic mass is 9.98. The number of nitrogens with zero attached hydrogens (tertiary/aromatic N) is 3. The fourth-order valence-corrected chi connectivity index (χ4v) is 3.01. The molecule has 0 atom stereocenters. The van der Waals surface area contributed by atoms with Crippen LogP contribution >= 0.6 is 0 Å². The first-order valence-electron chi connectivity index (χ1n) is 7.59. The highest BCUT2D eigenvalue weighted by atomic mass is 16.1. The quantitative estimate of drug-likeness (QED) is 0.847. The van der Waals surface area contributed by atoms with Crippen molar-refractivity contribution in [3.63, 3.8) is 0 Å². The Labute approximate surface area is 125 Å². The zero-order valence-electron chi connectivity index (χ0n) is 12.6. The topological polar surface area (TPSA) is 47.8 Å². The molecule has 1 aromatic heterocycles. The van der Waals surface area contributed by atoms with Crippen LogP contribution in [0, 0.1) is 11.8 Å². The van der Waals surface area contributed by atoms with Crippen molar-refractivity contribution in [3.05, 3.63) is 47.5 Å².